The lowest BCUT2D eigenvalue weighted by Crippen LogP contribution is -2.02. The number of hydrogen-bond donors (Lipinski definition) is 1. The van der Waals surface area contributed by atoms with Crippen LogP contribution in [0.5, 0.6) is 0 Å². The van der Waals surface area contributed by atoms with E-state index in [4.69, 9.17) is 5.73 Å². The first-order valence-corrected chi connectivity index (χ1v) is 4.36. The third-order valence-corrected chi connectivity index (χ3v) is 2.06. The second kappa shape index (κ2) is 3.30. The molecule has 2 rings (SSSR count). The number of anilines is 1. The third kappa shape index (κ3) is 1.54. The monoisotopic (exact) mass is 207 g/mol. The molecule has 0 fully saturated rings. The Labute approximate surface area is 85.8 Å². The number of nitrogen functional groups attached to an aromatic ring is 1. The zero-order valence-corrected chi connectivity index (χ0v) is 8.40. The van der Waals surface area contributed by atoms with Gasteiger partial charge in [0.2, 0.25) is 0 Å². The van der Waals surface area contributed by atoms with Gasteiger partial charge in [-0.25, -0.2) is 14.4 Å². The van der Waals surface area contributed by atoms with Crippen molar-refractivity contribution in [1.29, 1.82) is 0 Å². The first-order valence-electron chi connectivity index (χ1n) is 4.36. The van der Waals surface area contributed by atoms with Crippen molar-refractivity contribution in [2.24, 2.45) is 7.05 Å². The molecule has 0 saturated heterocycles. The summed E-state index contributed by atoms with van der Waals surface area (Å²) in [5, 5.41) is 4.11. The summed E-state index contributed by atoms with van der Waals surface area (Å²) in [7, 11) is 1.72. The van der Waals surface area contributed by atoms with Crippen molar-refractivity contribution in [2.75, 3.05) is 5.73 Å². The van der Waals surface area contributed by atoms with Crippen LogP contribution in [0.15, 0.2) is 12.4 Å². The highest BCUT2D eigenvalue weighted by atomic mass is 19.1. The highest BCUT2D eigenvalue weighted by Gasteiger charge is 2.14. The summed E-state index contributed by atoms with van der Waals surface area (Å²) in [6, 6.07) is 1.74. The van der Waals surface area contributed by atoms with E-state index >= 15 is 0 Å². The second-order valence-electron chi connectivity index (χ2n) is 3.22. The number of nitrogens with two attached hydrogens (primary N) is 1. The van der Waals surface area contributed by atoms with Crippen LogP contribution in [-0.2, 0) is 7.05 Å². The molecule has 0 atom stereocenters. The highest BCUT2D eigenvalue weighted by Crippen LogP contribution is 2.22. The van der Waals surface area contributed by atoms with Crippen LogP contribution in [0.25, 0.3) is 11.4 Å². The molecular weight excluding hydrogens is 197 g/mol. The van der Waals surface area contributed by atoms with Crippen molar-refractivity contribution in [3.8, 4) is 11.4 Å². The summed E-state index contributed by atoms with van der Waals surface area (Å²) in [5.74, 6) is -0.764. The number of rotatable bonds is 1. The molecule has 6 heteroatoms. The molecule has 0 amide bonds. The Morgan fingerprint density at radius 3 is 2.73 bits per heavy atom. The van der Waals surface area contributed by atoms with Crippen LogP contribution >= 0.6 is 0 Å². The molecule has 0 aliphatic rings. The summed E-state index contributed by atoms with van der Waals surface area (Å²) < 4.78 is 15.1. The van der Waals surface area contributed by atoms with Gasteiger partial charge in [-0.2, -0.15) is 5.10 Å². The van der Waals surface area contributed by atoms with Crippen LogP contribution in [-0.4, -0.2) is 19.7 Å². The van der Waals surface area contributed by atoms with Crippen molar-refractivity contribution in [1.82, 2.24) is 19.7 Å². The van der Waals surface area contributed by atoms with Crippen molar-refractivity contribution in [2.45, 2.75) is 6.92 Å². The van der Waals surface area contributed by atoms with E-state index in [1.165, 1.54) is 6.33 Å². The lowest BCUT2D eigenvalue weighted by Gasteiger charge is -2.03. The van der Waals surface area contributed by atoms with Gasteiger partial charge < -0.3 is 5.73 Å². The number of aryl methyl sites for hydroxylation is 2. The van der Waals surface area contributed by atoms with Gasteiger partial charge in [-0.05, 0) is 13.0 Å². The first-order chi connectivity index (χ1) is 7.09. The molecule has 0 saturated carbocycles. The fraction of sp³-hybridized carbons (Fsp3) is 0.222. The lowest BCUT2D eigenvalue weighted by molar-refractivity contribution is 0.620. The normalized spacial score (nSPS) is 10.6. The maximum atomic E-state index is 13.6. The first kappa shape index (κ1) is 9.57. The summed E-state index contributed by atoms with van der Waals surface area (Å²) in [6.07, 6.45) is 1.23. The molecule has 0 unspecified atom stereocenters. The second-order valence-corrected chi connectivity index (χ2v) is 3.22. The molecule has 78 valence electrons. The molecule has 2 heterocycles. The predicted molar refractivity (Wildman–Crippen MR) is 53.3 cm³/mol. The quantitative estimate of drug-likeness (QED) is 0.754. The SMILES string of the molecule is Cc1cc(-c2ncnc(N)c2F)n(C)n1. The molecule has 2 aromatic heterocycles. The Morgan fingerprint density at radius 1 is 1.40 bits per heavy atom. The minimum absolute atomic E-state index is 0.154. The smallest absolute Gasteiger partial charge is 0.193 e. The van der Waals surface area contributed by atoms with Gasteiger partial charge in [0.15, 0.2) is 11.6 Å². The molecule has 0 bridgehead atoms. The third-order valence-electron chi connectivity index (χ3n) is 2.06. The number of aromatic nitrogens is 4. The molecule has 0 radical (unpaired) electrons. The highest BCUT2D eigenvalue weighted by molar-refractivity contribution is 5.59. The van der Waals surface area contributed by atoms with E-state index in [1.54, 1.807) is 17.8 Å². The number of hydrogen-bond acceptors (Lipinski definition) is 4. The molecule has 15 heavy (non-hydrogen) atoms. The van der Waals surface area contributed by atoms with Crippen molar-refractivity contribution in [3.05, 3.63) is 23.9 Å². The van der Waals surface area contributed by atoms with Gasteiger partial charge in [0.1, 0.15) is 12.0 Å². The summed E-state index contributed by atoms with van der Waals surface area (Å²) in [6.45, 7) is 1.83. The zero-order valence-electron chi connectivity index (χ0n) is 8.40. The predicted octanol–water partition coefficient (Wildman–Crippen LogP) is 0.907. The lowest BCUT2D eigenvalue weighted by atomic mass is 10.2. The molecule has 2 N–H and O–H groups in total. The van der Waals surface area contributed by atoms with Crippen molar-refractivity contribution in [3.63, 3.8) is 0 Å². The number of nitrogens with zero attached hydrogens (tertiary/aromatic N) is 4. The topological polar surface area (TPSA) is 69.6 Å². The zero-order chi connectivity index (χ0) is 11.0. The van der Waals surface area contributed by atoms with E-state index in [0.717, 1.165) is 5.69 Å². The molecule has 5 nitrogen and oxygen atoms in total. The van der Waals surface area contributed by atoms with Crippen LogP contribution in [0.4, 0.5) is 10.2 Å². The van der Waals surface area contributed by atoms with Gasteiger partial charge in [-0.3, -0.25) is 4.68 Å². The maximum absolute atomic E-state index is 13.6. The standard InChI is InChI=1S/C9H10FN5/c1-5-3-6(15(2)14-5)8-7(10)9(11)13-4-12-8/h3-4H,1-2H3,(H2,11,12,13). The van der Waals surface area contributed by atoms with Gasteiger partial charge in [0, 0.05) is 7.05 Å². The fourth-order valence-electron chi connectivity index (χ4n) is 1.39. The van der Waals surface area contributed by atoms with Gasteiger partial charge in [-0.15, -0.1) is 0 Å². The number of halogens is 1. The Balaban J connectivity index is 2.64. The molecule has 0 spiro atoms. The molecule has 0 aliphatic carbocycles. The molecule has 0 aromatic carbocycles. The summed E-state index contributed by atoms with van der Waals surface area (Å²) in [4.78, 5) is 7.42. The minimum atomic E-state index is -0.611. The molecule has 0 aliphatic heterocycles. The average Bonchev–Trinajstić information content (AvgIpc) is 2.50. The van der Waals surface area contributed by atoms with Crippen LogP contribution < -0.4 is 5.73 Å². The molecule has 2 aromatic rings. The molecular formula is C9H10FN5. The van der Waals surface area contributed by atoms with E-state index in [2.05, 4.69) is 15.1 Å². The van der Waals surface area contributed by atoms with Crippen LogP contribution in [0.1, 0.15) is 5.69 Å². The van der Waals surface area contributed by atoms with E-state index in [-0.39, 0.29) is 11.5 Å². The Bertz CT molecular complexity index is 505. The summed E-state index contributed by atoms with van der Waals surface area (Å²) >= 11 is 0. The van der Waals surface area contributed by atoms with Gasteiger partial charge in [0.25, 0.3) is 0 Å². The summed E-state index contributed by atoms with van der Waals surface area (Å²) in [5.41, 5.74) is 6.91. The van der Waals surface area contributed by atoms with Crippen molar-refractivity contribution < 1.29 is 4.39 Å². The van der Waals surface area contributed by atoms with E-state index in [9.17, 15) is 4.39 Å². The van der Waals surface area contributed by atoms with Crippen molar-refractivity contribution >= 4 is 5.82 Å². The minimum Gasteiger partial charge on any atom is -0.381 e. The Morgan fingerprint density at radius 2 is 2.13 bits per heavy atom. The van der Waals surface area contributed by atoms with Gasteiger partial charge in [-0.1, -0.05) is 0 Å². The van der Waals surface area contributed by atoms with E-state index in [0.29, 0.717) is 5.69 Å². The maximum Gasteiger partial charge on any atom is 0.193 e. The Hall–Kier alpha value is -1.98. The van der Waals surface area contributed by atoms with Crippen LogP contribution in [0, 0.1) is 12.7 Å². The van der Waals surface area contributed by atoms with Gasteiger partial charge in [0.05, 0.1) is 11.4 Å². The largest absolute Gasteiger partial charge is 0.381 e. The average molecular weight is 207 g/mol. The Kier molecular flexibility index (Phi) is 2.11. The van der Waals surface area contributed by atoms with Crippen LogP contribution in [0.3, 0.4) is 0 Å². The van der Waals surface area contributed by atoms with E-state index < -0.39 is 5.82 Å². The van der Waals surface area contributed by atoms with Gasteiger partial charge >= 0.3 is 0 Å². The van der Waals surface area contributed by atoms with Crippen LogP contribution in [0.2, 0.25) is 0 Å². The fourth-order valence-corrected chi connectivity index (χ4v) is 1.39. The van der Waals surface area contributed by atoms with E-state index in [1.807, 2.05) is 6.92 Å².